The van der Waals surface area contributed by atoms with Gasteiger partial charge in [-0.3, -0.25) is 14.5 Å². The van der Waals surface area contributed by atoms with Crippen molar-refractivity contribution in [3.8, 4) is 0 Å². The normalized spacial score (nSPS) is 15.3. The number of amides is 2. The highest BCUT2D eigenvalue weighted by atomic mass is 32.1. The molecule has 3 aromatic rings. The van der Waals surface area contributed by atoms with Gasteiger partial charge in [-0.15, -0.1) is 22.7 Å². The van der Waals surface area contributed by atoms with Crippen LogP contribution in [0.25, 0.3) is 0 Å². The summed E-state index contributed by atoms with van der Waals surface area (Å²) in [5, 5.41) is 7.28. The first-order chi connectivity index (χ1) is 15.5. The van der Waals surface area contributed by atoms with Gasteiger partial charge in [-0.25, -0.2) is 0 Å². The van der Waals surface area contributed by atoms with Crippen LogP contribution in [0.3, 0.4) is 0 Å². The standard InChI is InChI=1S/C26H30N2O2S2/c1-18-9-6-7-13-22(18)28(23(29)17-21-12-8-15-31-21)24(25-19(2)14-16-32-25)26(30)27-20-10-4-3-5-11-20/h6-9,12-16,20,24H,3-5,10-11,17H2,1-2H3,(H,27,30)/t24-/m1/s1. The number of aryl methyl sites for hydroxylation is 2. The summed E-state index contributed by atoms with van der Waals surface area (Å²) in [4.78, 5) is 31.2. The Bertz CT molecular complexity index is 1050. The lowest BCUT2D eigenvalue weighted by Crippen LogP contribution is -2.47. The van der Waals surface area contributed by atoms with Crippen molar-refractivity contribution in [3.05, 3.63) is 74.1 Å². The van der Waals surface area contributed by atoms with Crippen molar-refractivity contribution in [2.75, 3.05) is 4.90 Å². The topological polar surface area (TPSA) is 49.4 Å². The van der Waals surface area contributed by atoms with Gasteiger partial charge in [-0.1, -0.05) is 43.5 Å². The first kappa shape index (κ1) is 22.7. The van der Waals surface area contributed by atoms with Gasteiger partial charge in [0, 0.05) is 21.5 Å². The first-order valence-electron chi connectivity index (χ1n) is 11.3. The Morgan fingerprint density at radius 3 is 2.41 bits per heavy atom. The molecule has 1 aliphatic rings. The van der Waals surface area contributed by atoms with Crippen LogP contribution in [0.2, 0.25) is 0 Å². The number of carbonyl (C=O) groups is 2. The monoisotopic (exact) mass is 466 g/mol. The van der Waals surface area contributed by atoms with Gasteiger partial charge < -0.3 is 5.32 Å². The molecule has 0 spiro atoms. The zero-order valence-corrected chi connectivity index (χ0v) is 20.3. The fraction of sp³-hybridized carbons (Fsp3) is 0.385. The molecule has 0 bridgehead atoms. The second kappa shape index (κ2) is 10.5. The molecule has 4 nitrogen and oxygen atoms in total. The molecular weight excluding hydrogens is 436 g/mol. The van der Waals surface area contributed by atoms with Crippen molar-refractivity contribution in [3.63, 3.8) is 0 Å². The van der Waals surface area contributed by atoms with E-state index in [1.807, 2.05) is 67.1 Å². The average Bonchev–Trinajstić information content (AvgIpc) is 3.45. The van der Waals surface area contributed by atoms with E-state index in [1.54, 1.807) is 27.6 Å². The molecular formula is C26H30N2O2S2. The summed E-state index contributed by atoms with van der Waals surface area (Å²) in [6.45, 7) is 4.02. The minimum atomic E-state index is -0.675. The Morgan fingerprint density at radius 2 is 1.75 bits per heavy atom. The van der Waals surface area contributed by atoms with E-state index in [9.17, 15) is 9.59 Å². The lowest BCUT2D eigenvalue weighted by Gasteiger charge is -2.34. The highest BCUT2D eigenvalue weighted by Gasteiger charge is 2.36. The third-order valence-corrected chi connectivity index (χ3v) is 8.11. The van der Waals surface area contributed by atoms with Crippen molar-refractivity contribution >= 4 is 40.2 Å². The quantitative estimate of drug-likeness (QED) is 0.451. The predicted octanol–water partition coefficient (Wildman–Crippen LogP) is 6.19. The van der Waals surface area contributed by atoms with Gasteiger partial charge in [0.15, 0.2) is 0 Å². The molecule has 0 unspecified atom stereocenters. The van der Waals surface area contributed by atoms with Crippen molar-refractivity contribution in [1.82, 2.24) is 5.32 Å². The SMILES string of the molecule is Cc1ccccc1N(C(=O)Cc1cccs1)[C@@H](C(=O)NC1CCCCC1)c1sccc1C. The largest absolute Gasteiger partial charge is 0.351 e. The molecule has 6 heteroatoms. The van der Waals surface area contributed by atoms with E-state index in [0.29, 0.717) is 0 Å². The van der Waals surface area contributed by atoms with Gasteiger partial charge in [-0.05, 0) is 66.8 Å². The van der Waals surface area contributed by atoms with Crippen LogP contribution >= 0.6 is 22.7 Å². The highest BCUT2D eigenvalue weighted by molar-refractivity contribution is 7.10. The summed E-state index contributed by atoms with van der Waals surface area (Å²) < 4.78 is 0. The van der Waals surface area contributed by atoms with Gasteiger partial charge >= 0.3 is 0 Å². The molecule has 2 amide bonds. The van der Waals surface area contributed by atoms with Crippen LogP contribution in [-0.4, -0.2) is 17.9 Å². The number of carbonyl (C=O) groups excluding carboxylic acids is 2. The predicted molar refractivity (Wildman–Crippen MR) is 134 cm³/mol. The molecule has 4 rings (SSSR count). The Kier molecular flexibility index (Phi) is 7.43. The Balaban J connectivity index is 1.75. The number of anilines is 1. The maximum atomic E-state index is 13.8. The molecule has 0 aliphatic heterocycles. The summed E-state index contributed by atoms with van der Waals surface area (Å²) >= 11 is 3.12. The molecule has 1 aromatic carbocycles. The number of hydrogen-bond donors (Lipinski definition) is 1. The number of thiophene rings is 2. The highest BCUT2D eigenvalue weighted by Crippen LogP contribution is 2.35. The van der Waals surface area contributed by atoms with Crippen LogP contribution in [0.5, 0.6) is 0 Å². The van der Waals surface area contributed by atoms with Crippen molar-refractivity contribution < 1.29 is 9.59 Å². The number of rotatable bonds is 7. The van der Waals surface area contributed by atoms with E-state index < -0.39 is 6.04 Å². The van der Waals surface area contributed by atoms with E-state index in [-0.39, 0.29) is 24.3 Å². The summed E-state index contributed by atoms with van der Waals surface area (Å²) in [6.07, 6.45) is 5.82. The summed E-state index contributed by atoms with van der Waals surface area (Å²) in [5.74, 6) is -0.136. The van der Waals surface area contributed by atoms with Crippen LogP contribution in [0, 0.1) is 13.8 Å². The van der Waals surface area contributed by atoms with Crippen molar-refractivity contribution in [1.29, 1.82) is 0 Å². The van der Waals surface area contributed by atoms with Gasteiger partial charge in [0.25, 0.3) is 0 Å². The fourth-order valence-electron chi connectivity index (χ4n) is 4.44. The zero-order chi connectivity index (χ0) is 22.5. The van der Waals surface area contributed by atoms with E-state index in [2.05, 4.69) is 5.32 Å². The molecule has 1 saturated carbocycles. The Labute approximate surface area is 198 Å². The number of nitrogens with zero attached hydrogens (tertiary/aromatic N) is 1. The number of hydrogen-bond acceptors (Lipinski definition) is 4. The molecule has 0 radical (unpaired) electrons. The van der Waals surface area contributed by atoms with Crippen LogP contribution in [0.15, 0.2) is 53.2 Å². The Morgan fingerprint density at radius 1 is 0.969 bits per heavy atom. The van der Waals surface area contributed by atoms with Crippen molar-refractivity contribution in [2.24, 2.45) is 0 Å². The summed E-state index contributed by atoms with van der Waals surface area (Å²) in [7, 11) is 0. The molecule has 1 N–H and O–H groups in total. The van der Waals surface area contributed by atoms with Gasteiger partial charge in [0.1, 0.15) is 6.04 Å². The smallest absolute Gasteiger partial charge is 0.248 e. The minimum Gasteiger partial charge on any atom is -0.351 e. The molecule has 0 saturated heterocycles. The lowest BCUT2D eigenvalue weighted by molar-refractivity contribution is -0.127. The van der Waals surface area contributed by atoms with E-state index in [0.717, 1.165) is 52.3 Å². The Hall–Kier alpha value is -2.44. The zero-order valence-electron chi connectivity index (χ0n) is 18.7. The van der Waals surface area contributed by atoms with Crippen molar-refractivity contribution in [2.45, 2.75) is 64.5 Å². The average molecular weight is 467 g/mol. The van der Waals surface area contributed by atoms with E-state index in [1.165, 1.54) is 6.42 Å². The van der Waals surface area contributed by atoms with Crippen LogP contribution in [-0.2, 0) is 16.0 Å². The molecule has 1 aliphatic carbocycles. The van der Waals surface area contributed by atoms with E-state index in [4.69, 9.17) is 0 Å². The number of para-hydroxylation sites is 1. The first-order valence-corrected chi connectivity index (χ1v) is 13.0. The van der Waals surface area contributed by atoms with Crippen LogP contribution in [0.4, 0.5) is 5.69 Å². The van der Waals surface area contributed by atoms with Crippen LogP contribution < -0.4 is 10.2 Å². The third-order valence-electron chi connectivity index (χ3n) is 6.16. The third kappa shape index (κ3) is 5.13. The second-order valence-electron chi connectivity index (χ2n) is 8.52. The molecule has 1 fully saturated rings. The van der Waals surface area contributed by atoms with Crippen LogP contribution in [0.1, 0.15) is 59.0 Å². The van der Waals surface area contributed by atoms with Gasteiger partial charge in [0.05, 0.1) is 6.42 Å². The lowest BCUT2D eigenvalue weighted by atomic mass is 9.95. The van der Waals surface area contributed by atoms with Gasteiger partial charge in [-0.2, -0.15) is 0 Å². The number of nitrogens with one attached hydrogen (secondary N) is 1. The van der Waals surface area contributed by atoms with Gasteiger partial charge in [0.2, 0.25) is 11.8 Å². The molecule has 1 atom stereocenters. The van der Waals surface area contributed by atoms with E-state index >= 15 is 0 Å². The molecule has 2 aromatic heterocycles. The summed E-state index contributed by atoms with van der Waals surface area (Å²) in [5.41, 5.74) is 2.82. The summed E-state index contributed by atoms with van der Waals surface area (Å²) in [6, 6.07) is 13.3. The molecule has 32 heavy (non-hydrogen) atoms. The number of benzene rings is 1. The molecule has 168 valence electrons. The fourth-order valence-corrected chi connectivity index (χ4v) is 6.15. The minimum absolute atomic E-state index is 0.0571. The molecule has 2 heterocycles. The maximum absolute atomic E-state index is 13.8. The maximum Gasteiger partial charge on any atom is 0.248 e. The second-order valence-corrected chi connectivity index (χ2v) is 10.5.